The van der Waals surface area contributed by atoms with E-state index in [-0.39, 0.29) is 11.7 Å². The maximum Gasteiger partial charge on any atom is 0.248 e. The molecule has 0 saturated heterocycles. The SMILES string of the molecule is CCOc1c(/C(C)=C/C(=O)Nc2ccc(Cl)c(Cl)c2)cc2c(-c3ccc(F)cc3)coc2c1C. The van der Waals surface area contributed by atoms with Gasteiger partial charge in [0.15, 0.2) is 0 Å². The maximum atomic E-state index is 13.4. The molecule has 4 rings (SSSR count). The number of carbonyl (C=O) groups is 1. The fraction of sp³-hybridized carbons (Fsp3) is 0.148. The number of ether oxygens (including phenoxy) is 1. The Hall–Kier alpha value is -3.28. The van der Waals surface area contributed by atoms with Crippen LogP contribution in [0.15, 0.2) is 65.3 Å². The van der Waals surface area contributed by atoms with E-state index in [4.69, 9.17) is 32.4 Å². The highest BCUT2D eigenvalue weighted by Gasteiger charge is 2.19. The molecule has 1 amide bonds. The van der Waals surface area contributed by atoms with Gasteiger partial charge in [-0.25, -0.2) is 4.39 Å². The van der Waals surface area contributed by atoms with Gasteiger partial charge in [0, 0.05) is 33.8 Å². The van der Waals surface area contributed by atoms with Gasteiger partial charge >= 0.3 is 0 Å². The van der Waals surface area contributed by atoms with Crippen LogP contribution in [0.2, 0.25) is 10.0 Å². The molecule has 0 unspecified atom stereocenters. The second-order valence-corrected chi connectivity index (χ2v) is 8.60. The third kappa shape index (κ3) is 4.81. The summed E-state index contributed by atoms with van der Waals surface area (Å²) in [6.45, 7) is 6.11. The molecule has 0 atom stereocenters. The summed E-state index contributed by atoms with van der Waals surface area (Å²) in [5.41, 5.74) is 5.16. The van der Waals surface area contributed by atoms with E-state index in [0.29, 0.717) is 39.2 Å². The van der Waals surface area contributed by atoms with Gasteiger partial charge in [-0.1, -0.05) is 35.3 Å². The summed E-state index contributed by atoms with van der Waals surface area (Å²) >= 11 is 12.0. The zero-order valence-electron chi connectivity index (χ0n) is 18.8. The number of nitrogens with one attached hydrogen (secondary N) is 1. The molecule has 0 fully saturated rings. The molecular weight excluding hydrogens is 476 g/mol. The Bertz CT molecular complexity index is 1410. The van der Waals surface area contributed by atoms with Crippen LogP contribution in [0, 0.1) is 12.7 Å². The monoisotopic (exact) mass is 497 g/mol. The second-order valence-electron chi connectivity index (χ2n) is 7.79. The van der Waals surface area contributed by atoms with Crippen LogP contribution in [0.5, 0.6) is 5.75 Å². The number of carbonyl (C=O) groups excluding carboxylic acids is 1. The molecule has 0 saturated carbocycles. The number of allylic oxidation sites excluding steroid dienone is 1. The lowest BCUT2D eigenvalue weighted by molar-refractivity contribution is -0.111. The number of anilines is 1. The molecule has 4 aromatic rings. The van der Waals surface area contributed by atoms with Gasteiger partial charge < -0.3 is 14.5 Å². The zero-order chi connectivity index (χ0) is 24.4. The Morgan fingerprint density at radius 1 is 1.12 bits per heavy atom. The number of fused-ring (bicyclic) bond motifs is 1. The minimum Gasteiger partial charge on any atom is -0.493 e. The van der Waals surface area contributed by atoms with Crippen molar-refractivity contribution in [2.75, 3.05) is 11.9 Å². The van der Waals surface area contributed by atoms with Crippen molar-refractivity contribution in [3.63, 3.8) is 0 Å². The van der Waals surface area contributed by atoms with Crippen molar-refractivity contribution in [3.05, 3.63) is 87.9 Å². The lowest BCUT2D eigenvalue weighted by atomic mass is 9.96. The van der Waals surface area contributed by atoms with E-state index in [1.54, 1.807) is 36.6 Å². The van der Waals surface area contributed by atoms with Crippen LogP contribution in [-0.4, -0.2) is 12.5 Å². The van der Waals surface area contributed by atoms with E-state index in [2.05, 4.69) is 5.32 Å². The predicted molar refractivity (Wildman–Crippen MR) is 136 cm³/mol. The van der Waals surface area contributed by atoms with Crippen molar-refractivity contribution >= 4 is 51.3 Å². The van der Waals surface area contributed by atoms with E-state index in [0.717, 1.165) is 27.6 Å². The molecule has 0 aliphatic heterocycles. The molecule has 7 heteroatoms. The highest BCUT2D eigenvalue weighted by atomic mass is 35.5. The average molecular weight is 498 g/mol. The van der Waals surface area contributed by atoms with E-state index >= 15 is 0 Å². The predicted octanol–water partition coefficient (Wildman–Crippen LogP) is 8.29. The van der Waals surface area contributed by atoms with Crippen LogP contribution in [0.25, 0.3) is 27.7 Å². The van der Waals surface area contributed by atoms with Gasteiger partial charge in [-0.15, -0.1) is 0 Å². The van der Waals surface area contributed by atoms with Crippen LogP contribution >= 0.6 is 23.2 Å². The summed E-state index contributed by atoms with van der Waals surface area (Å²) in [6.07, 6.45) is 3.16. The molecular formula is C27H22Cl2FNO3. The number of hydrogen-bond acceptors (Lipinski definition) is 3. The molecule has 1 N–H and O–H groups in total. The van der Waals surface area contributed by atoms with Gasteiger partial charge in [-0.3, -0.25) is 4.79 Å². The number of hydrogen-bond donors (Lipinski definition) is 1. The molecule has 0 aliphatic rings. The van der Waals surface area contributed by atoms with Gasteiger partial charge in [0.25, 0.3) is 0 Å². The highest BCUT2D eigenvalue weighted by Crippen LogP contribution is 2.40. The van der Waals surface area contributed by atoms with Crippen LogP contribution in [0.4, 0.5) is 10.1 Å². The van der Waals surface area contributed by atoms with E-state index < -0.39 is 0 Å². The smallest absolute Gasteiger partial charge is 0.248 e. The lowest BCUT2D eigenvalue weighted by Crippen LogP contribution is -2.09. The molecule has 0 bridgehead atoms. The summed E-state index contributed by atoms with van der Waals surface area (Å²) in [5.74, 6) is 0.0203. The van der Waals surface area contributed by atoms with Crippen LogP contribution in [0.3, 0.4) is 0 Å². The first-order valence-corrected chi connectivity index (χ1v) is 11.4. The minimum absolute atomic E-state index is 0.307. The standard InChI is InChI=1S/C27H22Cl2FNO3/c1-4-33-26-16(3)27-21(22(14-34-27)17-5-7-18(30)8-6-17)13-20(26)15(2)11-25(32)31-19-9-10-23(28)24(29)12-19/h5-14H,4H2,1-3H3,(H,31,32)/b15-11+. The number of benzene rings is 3. The molecule has 1 heterocycles. The van der Waals surface area contributed by atoms with E-state index in [1.807, 2.05) is 26.8 Å². The van der Waals surface area contributed by atoms with Gasteiger partial charge in [0.05, 0.1) is 22.9 Å². The number of amides is 1. The summed E-state index contributed by atoms with van der Waals surface area (Å²) in [7, 11) is 0. The summed E-state index contributed by atoms with van der Waals surface area (Å²) in [6, 6.07) is 13.1. The molecule has 3 aromatic carbocycles. The van der Waals surface area contributed by atoms with Crippen molar-refractivity contribution in [1.29, 1.82) is 0 Å². The Balaban J connectivity index is 1.76. The number of aryl methyl sites for hydroxylation is 1. The first kappa shape index (κ1) is 23.9. The third-order valence-corrected chi connectivity index (χ3v) is 6.19. The quantitative estimate of drug-likeness (QED) is 0.272. The number of rotatable bonds is 6. The van der Waals surface area contributed by atoms with Crippen molar-refractivity contribution in [2.24, 2.45) is 0 Å². The van der Waals surface area contributed by atoms with Crippen molar-refractivity contribution in [3.8, 4) is 16.9 Å². The van der Waals surface area contributed by atoms with Crippen molar-refractivity contribution < 1.29 is 18.3 Å². The largest absolute Gasteiger partial charge is 0.493 e. The van der Waals surface area contributed by atoms with Gasteiger partial charge in [0.1, 0.15) is 17.1 Å². The minimum atomic E-state index is -0.318. The maximum absolute atomic E-state index is 13.4. The molecule has 34 heavy (non-hydrogen) atoms. The van der Waals surface area contributed by atoms with Crippen molar-refractivity contribution in [1.82, 2.24) is 0 Å². The number of furan rings is 1. The van der Waals surface area contributed by atoms with E-state index in [1.165, 1.54) is 18.2 Å². The van der Waals surface area contributed by atoms with Gasteiger partial charge in [-0.2, -0.15) is 0 Å². The Morgan fingerprint density at radius 3 is 2.53 bits per heavy atom. The molecule has 0 spiro atoms. The summed E-state index contributed by atoms with van der Waals surface area (Å²) < 4.78 is 25.2. The molecule has 0 aliphatic carbocycles. The van der Waals surface area contributed by atoms with Gasteiger partial charge in [-0.05, 0) is 68.3 Å². The average Bonchev–Trinajstić information content (AvgIpc) is 3.23. The fourth-order valence-electron chi connectivity index (χ4n) is 3.82. The Morgan fingerprint density at radius 2 is 1.85 bits per heavy atom. The molecule has 174 valence electrons. The van der Waals surface area contributed by atoms with Crippen LogP contribution in [0.1, 0.15) is 25.0 Å². The molecule has 1 aromatic heterocycles. The normalized spacial score (nSPS) is 11.6. The van der Waals surface area contributed by atoms with E-state index in [9.17, 15) is 9.18 Å². The summed E-state index contributed by atoms with van der Waals surface area (Å²) in [5, 5.41) is 4.41. The second kappa shape index (κ2) is 9.92. The Labute approximate surface area is 206 Å². The first-order chi connectivity index (χ1) is 16.3. The fourth-order valence-corrected chi connectivity index (χ4v) is 4.12. The number of halogens is 3. The topological polar surface area (TPSA) is 51.5 Å². The van der Waals surface area contributed by atoms with Crippen LogP contribution in [-0.2, 0) is 4.79 Å². The molecule has 0 radical (unpaired) electrons. The van der Waals surface area contributed by atoms with Crippen LogP contribution < -0.4 is 10.1 Å². The van der Waals surface area contributed by atoms with Crippen molar-refractivity contribution in [2.45, 2.75) is 20.8 Å². The zero-order valence-corrected chi connectivity index (χ0v) is 20.4. The third-order valence-electron chi connectivity index (χ3n) is 5.45. The highest BCUT2D eigenvalue weighted by molar-refractivity contribution is 6.42. The summed E-state index contributed by atoms with van der Waals surface area (Å²) in [4.78, 5) is 12.7. The first-order valence-electron chi connectivity index (χ1n) is 10.7. The van der Waals surface area contributed by atoms with Gasteiger partial charge in [0.2, 0.25) is 5.91 Å². The molecule has 4 nitrogen and oxygen atoms in total. The lowest BCUT2D eigenvalue weighted by Gasteiger charge is -2.15. The Kier molecular flexibility index (Phi) is 6.96.